The lowest BCUT2D eigenvalue weighted by Crippen LogP contribution is -1.89. The van der Waals surface area contributed by atoms with E-state index in [2.05, 4.69) is 6.58 Å². The largest absolute Gasteiger partial charge is 0.246 e. The first-order valence-corrected chi connectivity index (χ1v) is 3.97. The minimum absolute atomic E-state index is 0.401. The maximum atomic E-state index is 12.3. The van der Waals surface area contributed by atoms with Crippen molar-refractivity contribution in [2.75, 3.05) is 0 Å². The van der Waals surface area contributed by atoms with Crippen LogP contribution in [-0.2, 0) is 6.67 Å². The van der Waals surface area contributed by atoms with Gasteiger partial charge in [-0.25, -0.2) is 4.39 Å². The zero-order valence-electron chi connectivity index (χ0n) is 7.52. The molecule has 0 aromatic heterocycles. The molecule has 0 fully saturated rings. The fourth-order valence-corrected chi connectivity index (χ4v) is 1.25. The lowest BCUT2D eigenvalue weighted by molar-refractivity contribution is 0.485. The number of halogens is 1. The molecule has 0 radical (unpaired) electrons. The molecular weight excluding hydrogens is 151 g/mol. The molecular formula is C11H13F. The van der Waals surface area contributed by atoms with Crippen molar-refractivity contribution in [2.45, 2.75) is 20.5 Å². The van der Waals surface area contributed by atoms with Crippen molar-refractivity contribution in [1.82, 2.24) is 0 Å². The third-order valence-electron chi connectivity index (χ3n) is 2.14. The Morgan fingerprint density at radius 2 is 2.08 bits per heavy atom. The molecule has 12 heavy (non-hydrogen) atoms. The first-order valence-electron chi connectivity index (χ1n) is 3.97. The highest BCUT2D eigenvalue weighted by Gasteiger charge is 2.00. The minimum Gasteiger partial charge on any atom is -0.246 e. The van der Waals surface area contributed by atoms with E-state index in [0.29, 0.717) is 0 Å². The normalized spacial score (nSPS) is 9.92. The quantitative estimate of drug-likeness (QED) is 0.628. The highest BCUT2D eigenvalue weighted by molar-refractivity contribution is 5.55. The van der Waals surface area contributed by atoms with Crippen molar-refractivity contribution in [3.05, 3.63) is 41.0 Å². The molecule has 0 aliphatic heterocycles. The predicted octanol–water partition coefficient (Wildman–Crippen LogP) is 3.42. The van der Waals surface area contributed by atoms with Gasteiger partial charge < -0.3 is 0 Å². The van der Waals surface area contributed by atoms with Crippen LogP contribution < -0.4 is 0 Å². The Labute approximate surface area is 72.7 Å². The molecule has 1 aromatic rings. The average molecular weight is 164 g/mol. The van der Waals surface area contributed by atoms with E-state index in [4.69, 9.17) is 0 Å². The van der Waals surface area contributed by atoms with Crippen LogP contribution in [0.5, 0.6) is 0 Å². The van der Waals surface area contributed by atoms with Crippen LogP contribution in [0.1, 0.15) is 22.3 Å². The van der Waals surface area contributed by atoms with Crippen molar-refractivity contribution in [1.29, 1.82) is 0 Å². The SMILES string of the molecule is C=Cc1cc(CF)cc(C)c1C. The molecule has 0 aliphatic rings. The summed E-state index contributed by atoms with van der Waals surface area (Å²) in [6.45, 7) is 7.29. The molecule has 0 N–H and O–H groups in total. The topological polar surface area (TPSA) is 0 Å². The number of benzene rings is 1. The molecule has 0 heterocycles. The molecule has 0 spiro atoms. The van der Waals surface area contributed by atoms with E-state index in [1.54, 1.807) is 6.08 Å². The third-order valence-corrected chi connectivity index (χ3v) is 2.14. The Morgan fingerprint density at radius 3 is 2.58 bits per heavy atom. The third kappa shape index (κ3) is 1.55. The number of aryl methyl sites for hydroxylation is 1. The monoisotopic (exact) mass is 164 g/mol. The van der Waals surface area contributed by atoms with Gasteiger partial charge >= 0.3 is 0 Å². The summed E-state index contributed by atoms with van der Waals surface area (Å²) in [6.07, 6.45) is 1.77. The summed E-state index contributed by atoms with van der Waals surface area (Å²) in [4.78, 5) is 0. The predicted molar refractivity (Wildman–Crippen MR) is 50.8 cm³/mol. The summed E-state index contributed by atoms with van der Waals surface area (Å²) in [7, 11) is 0. The molecule has 64 valence electrons. The number of rotatable bonds is 2. The van der Waals surface area contributed by atoms with Gasteiger partial charge in [0.25, 0.3) is 0 Å². The van der Waals surface area contributed by atoms with Gasteiger partial charge in [-0.3, -0.25) is 0 Å². The second kappa shape index (κ2) is 3.53. The number of hydrogen-bond acceptors (Lipinski definition) is 0. The van der Waals surface area contributed by atoms with E-state index in [1.807, 2.05) is 26.0 Å². The molecule has 0 bridgehead atoms. The van der Waals surface area contributed by atoms with Crippen LogP contribution in [0.4, 0.5) is 4.39 Å². The van der Waals surface area contributed by atoms with E-state index in [-0.39, 0.29) is 0 Å². The zero-order valence-corrected chi connectivity index (χ0v) is 7.52. The maximum Gasteiger partial charge on any atom is 0.115 e. The highest BCUT2D eigenvalue weighted by Crippen LogP contribution is 2.17. The summed E-state index contributed by atoms with van der Waals surface area (Å²) < 4.78 is 12.3. The van der Waals surface area contributed by atoms with Crippen LogP contribution in [0.2, 0.25) is 0 Å². The Morgan fingerprint density at radius 1 is 1.42 bits per heavy atom. The van der Waals surface area contributed by atoms with Gasteiger partial charge in [0.2, 0.25) is 0 Å². The Bertz CT molecular complexity index is 300. The van der Waals surface area contributed by atoms with E-state index in [0.717, 1.165) is 16.7 Å². The molecule has 1 rings (SSSR count). The van der Waals surface area contributed by atoms with Crippen LogP contribution in [-0.4, -0.2) is 0 Å². The number of hydrogen-bond donors (Lipinski definition) is 0. The fraction of sp³-hybridized carbons (Fsp3) is 0.273. The molecule has 0 amide bonds. The van der Waals surface area contributed by atoms with Gasteiger partial charge in [-0.15, -0.1) is 0 Å². The summed E-state index contributed by atoms with van der Waals surface area (Å²) >= 11 is 0. The van der Waals surface area contributed by atoms with Gasteiger partial charge in [0.1, 0.15) is 6.67 Å². The van der Waals surface area contributed by atoms with Crippen molar-refractivity contribution < 1.29 is 4.39 Å². The van der Waals surface area contributed by atoms with Crippen molar-refractivity contribution in [2.24, 2.45) is 0 Å². The van der Waals surface area contributed by atoms with E-state index < -0.39 is 6.67 Å². The molecule has 0 nitrogen and oxygen atoms in total. The first-order chi connectivity index (χ1) is 5.69. The molecule has 0 saturated heterocycles. The van der Waals surface area contributed by atoms with Gasteiger partial charge in [0.15, 0.2) is 0 Å². The van der Waals surface area contributed by atoms with Crippen molar-refractivity contribution in [3.8, 4) is 0 Å². The summed E-state index contributed by atoms with van der Waals surface area (Å²) in [5.74, 6) is 0. The van der Waals surface area contributed by atoms with E-state index >= 15 is 0 Å². The van der Waals surface area contributed by atoms with E-state index in [1.165, 1.54) is 5.56 Å². The van der Waals surface area contributed by atoms with Crippen LogP contribution >= 0.6 is 0 Å². The van der Waals surface area contributed by atoms with Gasteiger partial charge in [0, 0.05) is 0 Å². The molecule has 1 aromatic carbocycles. The van der Waals surface area contributed by atoms with Crippen LogP contribution in [0.15, 0.2) is 18.7 Å². The fourth-order valence-electron chi connectivity index (χ4n) is 1.25. The Balaban J connectivity index is 3.28. The van der Waals surface area contributed by atoms with Crippen molar-refractivity contribution >= 4 is 6.08 Å². The molecule has 0 saturated carbocycles. The van der Waals surface area contributed by atoms with Crippen LogP contribution in [0, 0.1) is 13.8 Å². The Kier molecular flexibility index (Phi) is 2.64. The van der Waals surface area contributed by atoms with Crippen molar-refractivity contribution in [3.63, 3.8) is 0 Å². The molecule has 1 heteroatoms. The van der Waals surface area contributed by atoms with Gasteiger partial charge in [-0.2, -0.15) is 0 Å². The average Bonchev–Trinajstić information content (AvgIpc) is 2.09. The molecule has 0 aliphatic carbocycles. The maximum absolute atomic E-state index is 12.3. The second-order valence-electron chi connectivity index (χ2n) is 2.96. The first kappa shape index (κ1) is 8.98. The molecule has 0 atom stereocenters. The van der Waals surface area contributed by atoms with Crippen LogP contribution in [0.25, 0.3) is 6.08 Å². The van der Waals surface area contributed by atoms with Gasteiger partial charge in [-0.05, 0) is 42.2 Å². The second-order valence-corrected chi connectivity index (χ2v) is 2.96. The van der Waals surface area contributed by atoms with Gasteiger partial charge in [0.05, 0.1) is 0 Å². The minimum atomic E-state index is -0.401. The standard InChI is InChI=1S/C11H13F/c1-4-11-6-10(7-12)5-8(2)9(11)3/h4-6H,1,7H2,2-3H3. The smallest absolute Gasteiger partial charge is 0.115 e. The zero-order chi connectivity index (χ0) is 9.14. The highest BCUT2D eigenvalue weighted by atomic mass is 19.1. The summed E-state index contributed by atoms with van der Waals surface area (Å²) in [5.41, 5.74) is 4.07. The molecule has 0 unspecified atom stereocenters. The van der Waals surface area contributed by atoms with E-state index in [9.17, 15) is 4.39 Å². The van der Waals surface area contributed by atoms with Crippen LogP contribution in [0.3, 0.4) is 0 Å². The number of alkyl halides is 1. The lowest BCUT2D eigenvalue weighted by atomic mass is 10.0. The Hall–Kier alpha value is -1.11. The lowest BCUT2D eigenvalue weighted by Gasteiger charge is -2.06. The van der Waals surface area contributed by atoms with Gasteiger partial charge in [-0.1, -0.05) is 18.7 Å². The summed E-state index contributed by atoms with van der Waals surface area (Å²) in [6, 6.07) is 3.72. The summed E-state index contributed by atoms with van der Waals surface area (Å²) in [5, 5.41) is 0.